The highest BCUT2D eigenvalue weighted by molar-refractivity contribution is 5.00. The summed E-state index contributed by atoms with van der Waals surface area (Å²) in [7, 11) is 2.18. The molecule has 1 saturated heterocycles. The smallest absolute Gasteiger partial charge is 0.0619 e. The van der Waals surface area contributed by atoms with Gasteiger partial charge in [0.15, 0.2) is 0 Å². The minimum Gasteiger partial charge on any atom is -0.379 e. The van der Waals surface area contributed by atoms with Crippen molar-refractivity contribution in [2.24, 2.45) is 0 Å². The number of hydrogen-bond donors (Lipinski definition) is 0. The summed E-state index contributed by atoms with van der Waals surface area (Å²) in [6, 6.07) is 2.65. The summed E-state index contributed by atoms with van der Waals surface area (Å²) in [5, 5.41) is 4.31. The van der Waals surface area contributed by atoms with Gasteiger partial charge in [0.1, 0.15) is 0 Å². The lowest BCUT2D eigenvalue weighted by Crippen LogP contribution is -2.46. The second kappa shape index (κ2) is 7.03. The molecule has 0 aliphatic carbocycles. The number of ether oxygens (including phenoxy) is 1. The van der Waals surface area contributed by atoms with Crippen molar-refractivity contribution in [3.63, 3.8) is 0 Å². The molecule has 2 rings (SSSR count). The molecule has 0 spiro atoms. The van der Waals surface area contributed by atoms with Gasteiger partial charge in [-0.25, -0.2) is 0 Å². The molecule has 0 saturated carbocycles. The van der Waals surface area contributed by atoms with Crippen LogP contribution in [0, 0.1) is 0 Å². The van der Waals surface area contributed by atoms with Gasteiger partial charge in [0.05, 0.1) is 18.9 Å². The zero-order valence-electron chi connectivity index (χ0n) is 12.4. The summed E-state index contributed by atoms with van der Waals surface area (Å²) in [4.78, 5) is 4.88. The Morgan fingerprint density at radius 2 is 2.37 bits per heavy atom. The number of hydrogen-bond acceptors (Lipinski definition) is 4. The predicted molar refractivity (Wildman–Crippen MR) is 76.1 cm³/mol. The van der Waals surface area contributed by atoms with Crippen molar-refractivity contribution in [2.45, 2.75) is 33.0 Å². The third-order valence-electron chi connectivity index (χ3n) is 3.81. The van der Waals surface area contributed by atoms with Crippen molar-refractivity contribution < 1.29 is 4.74 Å². The van der Waals surface area contributed by atoms with Gasteiger partial charge < -0.3 is 4.74 Å². The Balaban J connectivity index is 1.76. The van der Waals surface area contributed by atoms with Crippen LogP contribution in [0.2, 0.25) is 0 Å². The van der Waals surface area contributed by atoms with Crippen LogP contribution < -0.4 is 0 Å². The van der Waals surface area contributed by atoms with Crippen LogP contribution in [0.5, 0.6) is 0 Å². The van der Waals surface area contributed by atoms with Crippen LogP contribution in [0.4, 0.5) is 0 Å². The van der Waals surface area contributed by atoms with Gasteiger partial charge in [-0.3, -0.25) is 14.5 Å². The highest BCUT2D eigenvalue weighted by Gasteiger charge is 2.18. The first-order chi connectivity index (χ1) is 9.20. The van der Waals surface area contributed by atoms with Crippen LogP contribution in [-0.4, -0.2) is 65.5 Å². The summed E-state index contributed by atoms with van der Waals surface area (Å²) >= 11 is 0. The Bertz CT molecular complexity index is 379. The van der Waals surface area contributed by atoms with Gasteiger partial charge in [-0.15, -0.1) is 0 Å². The average Bonchev–Trinajstić information content (AvgIpc) is 2.85. The van der Waals surface area contributed by atoms with Gasteiger partial charge in [0.2, 0.25) is 0 Å². The molecule has 0 bridgehead atoms. The lowest BCUT2D eigenvalue weighted by atomic mass is 10.2. The van der Waals surface area contributed by atoms with Gasteiger partial charge in [0, 0.05) is 45.0 Å². The van der Waals surface area contributed by atoms with Crippen LogP contribution in [0.25, 0.3) is 0 Å². The average molecular weight is 266 g/mol. The zero-order chi connectivity index (χ0) is 13.7. The first-order valence-electron chi connectivity index (χ1n) is 7.21. The van der Waals surface area contributed by atoms with Crippen LogP contribution in [-0.2, 0) is 17.8 Å². The molecule has 5 nitrogen and oxygen atoms in total. The maximum Gasteiger partial charge on any atom is 0.0619 e. The van der Waals surface area contributed by atoms with E-state index in [0.29, 0.717) is 6.04 Å². The fourth-order valence-corrected chi connectivity index (χ4v) is 2.53. The summed E-state index contributed by atoms with van der Waals surface area (Å²) in [5.74, 6) is 0. The summed E-state index contributed by atoms with van der Waals surface area (Å²) in [6.45, 7) is 11.3. The van der Waals surface area contributed by atoms with E-state index >= 15 is 0 Å². The number of morpholine rings is 1. The van der Waals surface area contributed by atoms with Crippen molar-refractivity contribution in [1.82, 2.24) is 19.6 Å². The number of rotatable bonds is 6. The third-order valence-corrected chi connectivity index (χ3v) is 3.81. The third kappa shape index (κ3) is 4.03. The summed E-state index contributed by atoms with van der Waals surface area (Å²) in [5.41, 5.74) is 1.29. The number of aryl methyl sites for hydroxylation is 1. The molecular weight excluding hydrogens is 240 g/mol. The molecule has 1 atom stereocenters. The highest BCUT2D eigenvalue weighted by atomic mass is 16.5. The zero-order valence-corrected chi connectivity index (χ0v) is 12.4. The van der Waals surface area contributed by atoms with E-state index in [4.69, 9.17) is 4.74 Å². The molecule has 0 radical (unpaired) electrons. The first kappa shape index (κ1) is 14.5. The van der Waals surface area contributed by atoms with Gasteiger partial charge in [0.25, 0.3) is 0 Å². The number of likely N-dealkylation sites (N-methyl/N-ethyl adjacent to an activating group) is 1. The molecular formula is C14H26N4O. The van der Waals surface area contributed by atoms with Crippen molar-refractivity contribution in [1.29, 1.82) is 0 Å². The normalized spacial score (nSPS) is 21.2. The Labute approximate surface area is 116 Å². The first-order valence-corrected chi connectivity index (χ1v) is 7.21. The van der Waals surface area contributed by atoms with Crippen molar-refractivity contribution in [2.75, 3.05) is 39.9 Å². The van der Waals surface area contributed by atoms with E-state index in [0.717, 1.165) is 45.9 Å². The van der Waals surface area contributed by atoms with Gasteiger partial charge in [-0.05, 0) is 27.0 Å². The van der Waals surface area contributed by atoms with E-state index in [1.54, 1.807) is 0 Å². The van der Waals surface area contributed by atoms with Crippen LogP contribution in [0.1, 0.15) is 19.5 Å². The van der Waals surface area contributed by atoms with Crippen molar-refractivity contribution in [3.05, 3.63) is 18.0 Å². The Morgan fingerprint density at radius 1 is 1.53 bits per heavy atom. The molecule has 19 heavy (non-hydrogen) atoms. The quantitative estimate of drug-likeness (QED) is 0.771. The molecule has 5 heteroatoms. The van der Waals surface area contributed by atoms with E-state index < -0.39 is 0 Å². The molecule has 0 N–H and O–H groups in total. The Kier molecular flexibility index (Phi) is 5.36. The molecule has 1 unspecified atom stereocenters. The Hall–Kier alpha value is -0.910. The van der Waals surface area contributed by atoms with Gasteiger partial charge >= 0.3 is 0 Å². The molecule has 1 aliphatic heterocycles. The monoisotopic (exact) mass is 266 g/mol. The maximum absolute atomic E-state index is 5.47. The molecule has 0 amide bonds. The van der Waals surface area contributed by atoms with Crippen LogP contribution in [0.3, 0.4) is 0 Å². The summed E-state index contributed by atoms with van der Waals surface area (Å²) < 4.78 is 7.53. The molecule has 1 aliphatic rings. The molecule has 2 heterocycles. The van der Waals surface area contributed by atoms with E-state index in [1.165, 1.54) is 5.69 Å². The number of aromatic nitrogens is 2. The van der Waals surface area contributed by atoms with Gasteiger partial charge in [-0.2, -0.15) is 5.10 Å². The lowest BCUT2D eigenvalue weighted by Gasteiger charge is -2.34. The van der Waals surface area contributed by atoms with E-state index in [1.807, 2.05) is 6.20 Å². The Morgan fingerprint density at radius 3 is 3.11 bits per heavy atom. The lowest BCUT2D eigenvalue weighted by molar-refractivity contribution is -0.00341. The maximum atomic E-state index is 5.47. The fraction of sp³-hybridized carbons (Fsp3) is 0.786. The SMILES string of the molecule is CCn1nccc1CN(C)CCN1CCOCC1C. The topological polar surface area (TPSA) is 33.5 Å². The minimum absolute atomic E-state index is 0.545. The molecule has 1 aromatic heterocycles. The molecule has 1 aromatic rings. The number of nitrogens with zero attached hydrogens (tertiary/aromatic N) is 4. The largest absolute Gasteiger partial charge is 0.379 e. The second-order valence-corrected chi connectivity index (χ2v) is 5.34. The van der Waals surface area contributed by atoms with Crippen LogP contribution in [0.15, 0.2) is 12.3 Å². The van der Waals surface area contributed by atoms with E-state index in [2.05, 4.69) is 46.5 Å². The predicted octanol–water partition coefficient (Wildman–Crippen LogP) is 1.06. The fourth-order valence-electron chi connectivity index (χ4n) is 2.53. The van der Waals surface area contributed by atoms with Crippen LogP contribution >= 0.6 is 0 Å². The molecule has 108 valence electrons. The van der Waals surface area contributed by atoms with Crippen molar-refractivity contribution in [3.8, 4) is 0 Å². The second-order valence-electron chi connectivity index (χ2n) is 5.34. The van der Waals surface area contributed by atoms with Gasteiger partial charge in [-0.1, -0.05) is 0 Å². The standard InChI is InChI=1S/C14H26N4O/c1-4-18-14(5-6-15-18)11-16(3)7-8-17-9-10-19-12-13(17)2/h5-6,13H,4,7-12H2,1-3H3. The van der Waals surface area contributed by atoms with E-state index in [-0.39, 0.29) is 0 Å². The molecule has 1 fully saturated rings. The minimum atomic E-state index is 0.545. The molecule has 0 aromatic carbocycles. The summed E-state index contributed by atoms with van der Waals surface area (Å²) in [6.07, 6.45) is 1.89. The highest BCUT2D eigenvalue weighted by Crippen LogP contribution is 2.07. The van der Waals surface area contributed by atoms with E-state index in [9.17, 15) is 0 Å². The van der Waals surface area contributed by atoms with Crippen molar-refractivity contribution >= 4 is 0 Å².